The van der Waals surface area contributed by atoms with Crippen LogP contribution in [0.2, 0.25) is 0 Å². The number of carbonyl (C=O) groups is 2. The van der Waals surface area contributed by atoms with Crippen molar-refractivity contribution in [2.24, 2.45) is 5.41 Å². The van der Waals surface area contributed by atoms with Crippen LogP contribution in [0, 0.1) is 5.41 Å². The molecule has 2 aliphatic rings. The summed E-state index contributed by atoms with van der Waals surface area (Å²) in [7, 11) is 0. The van der Waals surface area contributed by atoms with Crippen LogP contribution in [0.3, 0.4) is 0 Å². The lowest BCUT2D eigenvalue weighted by atomic mass is 9.72. The number of carboxylic acids is 1. The molecule has 1 amide bonds. The zero-order chi connectivity index (χ0) is 29.6. The molecule has 1 aromatic carbocycles. The van der Waals surface area contributed by atoms with Crippen LogP contribution >= 0.6 is 0 Å². The minimum Gasteiger partial charge on any atom is -0.479 e. The molecule has 3 rings (SSSR count). The maximum Gasteiger partial charge on any atom is 0.335 e. The smallest absolute Gasteiger partial charge is 0.335 e. The molecule has 8 heteroatoms. The van der Waals surface area contributed by atoms with Crippen molar-refractivity contribution in [2.45, 2.75) is 84.4 Å². The Morgan fingerprint density at radius 2 is 1.68 bits per heavy atom. The Hall–Kier alpha value is -3.30. The van der Waals surface area contributed by atoms with Crippen LogP contribution in [0.1, 0.15) is 65.5 Å². The molecule has 1 unspecified atom stereocenters. The summed E-state index contributed by atoms with van der Waals surface area (Å²) in [5.41, 5.74) is 5.83. The van der Waals surface area contributed by atoms with Crippen LogP contribution < -0.4 is 5.32 Å². The Morgan fingerprint density at radius 3 is 2.30 bits per heavy atom. The van der Waals surface area contributed by atoms with E-state index in [-0.39, 0.29) is 11.3 Å². The number of carboxylic acid groups (broad SMARTS) is 1. The third-order valence-corrected chi connectivity index (χ3v) is 7.50. The maximum absolute atomic E-state index is 12.5. The molecular formula is C32H41NO7. The summed E-state index contributed by atoms with van der Waals surface area (Å²) in [4.78, 5) is 23.8. The van der Waals surface area contributed by atoms with Gasteiger partial charge in [-0.2, -0.15) is 0 Å². The van der Waals surface area contributed by atoms with E-state index >= 15 is 0 Å². The summed E-state index contributed by atoms with van der Waals surface area (Å²) in [6.45, 7) is 10.7. The second kappa shape index (κ2) is 13.4. The summed E-state index contributed by atoms with van der Waals surface area (Å²) < 4.78 is 5.34. The number of hydrogen-bond acceptors (Lipinski definition) is 6. The van der Waals surface area contributed by atoms with Crippen molar-refractivity contribution in [1.29, 1.82) is 0 Å². The number of aliphatic hydroxyl groups excluding tert-OH is 3. The molecule has 1 heterocycles. The van der Waals surface area contributed by atoms with Gasteiger partial charge in [-0.05, 0) is 74.3 Å². The van der Waals surface area contributed by atoms with Crippen molar-refractivity contribution in [3.05, 3.63) is 88.6 Å². The van der Waals surface area contributed by atoms with Crippen molar-refractivity contribution in [3.63, 3.8) is 0 Å². The van der Waals surface area contributed by atoms with E-state index in [1.54, 1.807) is 24.3 Å². The van der Waals surface area contributed by atoms with Crippen LogP contribution in [-0.4, -0.2) is 56.7 Å². The number of rotatable bonds is 8. The van der Waals surface area contributed by atoms with Crippen molar-refractivity contribution < 1.29 is 34.8 Å². The van der Waals surface area contributed by atoms with Crippen molar-refractivity contribution >= 4 is 17.6 Å². The number of ether oxygens (including phenoxy) is 1. The zero-order valence-electron chi connectivity index (χ0n) is 23.8. The average molecular weight is 552 g/mol. The van der Waals surface area contributed by atoms with Gasteiger partial charge in [-0.1, -0.05) is 67.5 Å². The quantitative estimate of drug-likeness (QED) is 0.232. The van der Waals surface area contributed by atoms with Crippen LogP contribution in [0.5, 0.6) is 0 Å². The monoisotopic (exact) mass is 551 g/mol. The molecular weight excluding hydrogens is 510 g/mol. The van der Waals surface area contributed by atoms with Crippen molar-refractivity contribution in [1.82, 2.24) is 0 Å². The van der Waals surface area contributed by atoms with Gasteiger partial charge in [0.05, 0.1) is 0 Å². The van der Waals surface area contributed by atoms with E-state index in [1.807, 2.05) is 32.1 Å². The molecule has 1 aliphatic carbocycles. The van der Waals surface area contributed by atoms with E-state index < -0.39 is 36.5 Å². The highest BCUT2D eigenvalue weighted by Gasteiger charge is 2.47. The number of aliphatic hydroxyl groups is 3. The van der Waals surface area contributed by atoms with E-state index in [4.69, 9.17) is 4.74 Å². The second-order valence-electron chi connectivity index (χ2n) is 11.3. The zero-order valence-corrected chi connectivity index (χ0v) is 23.8. The van der Waals surface area contributed by atoms with Gasteiger partial charge < -0.3 is 30.5 Å². The van der Waals surface area contributed by atoms with E-state index in [2.05, 4.69) is 38.2 Å². The van der Waals surface area contributed by atoms with Crippen LogP contribution in [-0.2, 0) is 14.3 Å². The number of carbonyl (C=O) groups excluding carboxylic acids is 1. The van der Waals surface area contributed by atoms with Gasteiger partial charge >= 0.3 is 5.97 Å². The number of hydrogen-bond donors (Lipinski definition) is 5. The lowest BCUT2D eigenvalue weighted by Gasteiger charge is -2.39. The Balaban J connectivity index is 1.58. The fraction of sp³-hybridized carbons (Fsp3) is 0.438. The topological polar surface area (TPSA) is 136 Å². The summed E-state index contributed by atoms with van der Waals surface area (Å²) in [6, 6.07) is 6.27. The third-order valence-electron chi connectivity index (χ3n) is 7.50. The highest BCUT2D eigenvalue weighted by atomic mass is 16.6. The molecule has 5 N–H and O–H groups in total. The summed E-state index contributed by atoms with van der Waals surface area (Å²) in [5.74, 6) is -1.77. The number of nitrogens with one attached hydrogen (secondary N) is 1. The number of anilines is 1. The van der Waals surface area contributed by atoms with Gasteiger partial charge in [-0.3, -0.25) is 4.79 Å². The first kappa shape index (κ1) is 31.2. The minimum atomic E-state index is -1.75. The van der Waals surface area contributed by atoms with Gasteiger partial charge in [0.25, 0.3) is 0 Å². The molecule has 1 aliphatic heterocycles. The fourth-order valence-electron chi connectivity index (χ4n) is 5.18. The summed E-state index contributed by atoms with van der Waals surface area (Å²) in [6.07, 6.45) is 7.42. The van der Waals surface area contributed by atoms with Crippen molar-refractivity contribution in [2.75, 3.05) is 5.32 Å². The first-order valence-corrected chi connectivity index (χ1v) is 13.5. The average Bonchev–Trinajstić information content (AvgIpc) is 2.87. The SMILES string of the molecule is CC1=C(/C=C/C(C)=C/C=C/C(C)=C/C(=O)Nc2ccc(C3O[C@@H](C(=O)O)[C@H](O)[C@@H](O)[C@@H]3O)cc2)C(C)(C)CCC1. The maximum atomic E-state index is 12.5. The van der Waals surface area contributed by atoms with E-state index in [1.165, 1.54) is 30.1 Å². The number of benzene rings is 1. The van der Waals surface area contributed by atoms with Gasteiger partial charge in [0.1, 0.15) is 24.4 Å². The lowest BCUT2D eigenvalue weighted by Crippen LogP contribution is -2.56. The van der Waals surface area contributed by atoms with Crippen LogP contribution in [0.15, 0.2) is 83.0 Å². The standard InChI is InChI=1S/C32H41NO7/c1-19(11-16-24-21(3)10-7-17-32(24,4)5)8-6-9-20(2)18-25(34)33-23-14-12-22(13-15-23)29-27(36)26(35)28(37)30(40-29)31(38)39/h6,8-9,11-16,18,26-30,35-37H,7,10,17H2,1-5H3,(H,33,34)(H,38,39)/b9-6+,16-11+,19-8+,20-18+/t26-,27-,28+,29?,30+/m0/s1. The Labute approximate surface area is 236 Å². The predicted molar refractivity (Wildman–Crippen MR) is 154 cm³/mol. The molecule has 1 aromatic rings. The molecule has 216 valence electrons. The first-order valence-electron chi connectivity index (χ1n) is 13.5. The number of amides is 1. The molecule has 0 aromatic heterocycles. The largest absolute Gasteiger partial charge is 0.479 e. The Morgan fingerprint density at radius 1 is 1.00 bits per heavy atom. The molecule has 0 bridgehead atoms. The Bertz CT molecular complexity index is 1240. The molecule has 0 saturated carbocycles. The minimum absolute atomic E-state index is 0.197. The highest BCUT2D eigenvalue weighted by Crippen LogP contribution is 2.40. The fourth-order valence-corrected chi connectivity index (χ4v) is 5.18. The van der Waals surface area contributed by atoms with Gasteiger partial charge in [-0.25, -0.2) is 4.79 Å². The second-order valence-corrected chi connectivity index (χ2v) is 11.3. The number of aliphatic carboxylic acids is 1. The summed E-state index contributed by atoms with van der Waals surface area (Å²) in [5, 5.41) is 42.2. The molecule has 5 atom stereocenters. The van der Waals surface area contributed by atoms with Gasteiger partial charge in [-0.15, -0.1) is 0 Å². The van der Waals surface area contributed by atoms with Crippen LogP contribution in [0.25, 0.3) is 0 Å². The Kier molecular flexibility index (Phi) is 10.4. The van der Waals surface area contributed by atoms with E-state index in [0.717, 1.165) is 17.6 Å². The lowest BCUT2D eigenvalue weighted by molar-refractivity contribution is -0.229. The summed E-state index contributed by atoms with van der Waals surface area (Å²) >= 11 is 0. The molecule has 0 radical (unpaired) electrons. The van der Waals surface area contributed by atoms with Gasteiger partial charge in [0.2, 0.25) is 5.91 Å². The molecule has 40 heavy (non-hydrogen) atoms. The third kappa shape index (κ3) is 7.88. The van der Waals surface area contributed by atoms with Crippen molar-refractivity contribution in [3.8, 4) is 0 Å². The highest BCUT2D eigenvalue weighted by molar-refractivity contribution is 6.00. The predicted octanol–water partition coefficient (Wildman–Crippen LogP) is 4.76. The van der Waals surface area contributed by atoms with Gasteiger partial charge in [0.15, 0.2) is 6.10 Å². The van der Waals surface area contributed by atoms with Crippen LogP contribution in [0.4, 0.5) is 5.69 Å². The van der Waals surface area contributed by atoms with E-state index in [9.17, 15) is 30.0 Å². The van der Waals surface area contributed by atoms with Gasteiger partial charge in [0, 0.05) is 11.8 Å². The molecule has 8 nitrogen and oxygen atoms in total. The number of allylic oxidation sites excluding steroid dienone is 9. The molecule has 1 saturated heterocycles. The van der Waals surface area contributed by atoms with E-state index in [0.29, 0.717) is 11.3 Å². The normalized spacial score (nSPS) is 27.9. The molecule has 1 fully saturated rings. The first-order chi connectivity index (χ1) is 18.8. The molecule has 0 spiro atoms.